The van der Waals surface area contributed by atoms with Gasteiger partial charge < -0.3 is 0 Å². The Balaban J connectivity index is 2.19. The zero-order chi connectivity index (χ0) is 13.4. The quantitative estimate of drug-likeness (QED) is 0.600. The molecular weight excluding hydrogens is 327 g/mol. The van der Waals surface area contributed by atoms with E-state index in [1.165, 1.54) is 23.5 Å². The van der Waals surface area contributed by atoms with Crippen LogP contribution in [0.15, 0.2) is 52.3 Å². The molecule has 1 heterocycles. The summed E-state index contributed by atoms with van der Waals surface area (Å²) >= 11 is 4.76. The standard InChI is InChI=1S/C15H8BrFOS/c16-10-4-5-13(17)12(8-10)14(18)11-3-1-2-9-6-7-19-15(9)11/h1-8H. The lowest BCUT2D eigenvalue weighted by atomic mass is 10.0. The predicted molar refractivity (Wildman–Crippen MR) is 79.4 cm³/mol. The van der Waals surface area contributed by atoms with E-state index in [9.17, 15) is 9.18 Å². The van der Waals surface area contributed by atoms with E-state index in [0.29, 0.717) is 10.0 Å². The Morgan fingerprint density at radius 1 is 1.11 bits per heavy atom. The Hall–Kier alpha value is -1.52. The third kappa shape index (κ3) is 2.22. The smallest absolute Gasteiger partial charge is 0.197 e. The lowest BCUT2D eigenvalue weighted by Crippen LogP contribution is -2.04. The maximum atomic E-state index is 13.8. The van der Waals surface area contributed by atoms with Gasteiger partial charge in [0.2, 0.25) is 0 Å². The maximum absolute atomic E-state index is 13.8. The van der Waals surface area contributed by atoms with Gasteiger partial charge in [-0.2, -0.15) is 0 Å². The second-order valence-corrected chi connectivity index (χ2v) is 5.93. The minimum atomic E-state index is -0.498. The molecule has 0 N–H and O–H groups in total. The molecule has 94 valence electrons. The first-order valence-electron chi connectivity index (χ1n) is 5.63. The zero-order valence-corrected chi connectivity index (χ0v) is 12.1. The fourth-order valence-electron chi connectivity index (χ4n) is 1.99. The number of hydrogen-bond donors (Lipinski definition) is 0. The SMILES string of the molecule is O=C(c1cc(Br)ccc1F)c1cccc2ccsc12. The molecule has 0 amide bonds. The molecule has 1 nitrogen and oxygen atoms in total. The topological polar surface area (TPSA) is 17.1 Å². The van der Waals surface area contributed by atoms with E-state index in [1.54, 1.807) is 12.1 Å². The first-order valence-corrected chi connectivity index (χ1v) is 7.30. The molecule has 0 saturated carbocycles. The normalized spacial score (nSPS) is 10.8. The van der Waals surface area contributed by atoms with Crippen LogP contribution in [0.5, 0.6) is 0 Å². The summed E-state index contributed by atoms with van der Waals surface area (Å²) in [6, 6.07) is 11.8. The van der Waals surface area contributed by atoms with Crippen molar-refractivity contribution >= 4 is 43.1 Å². The Bertz CT molecular complexity index is 779. The van der Waals surface area contributed by atoms with Crippen molar-refractivity contribution in [2.45, 2.75) is 0 Å². The lowest BCUT2D eigenvalue weighted by Gasteiger charge is -2.05. The lowest BCUT2D eigenvalue weighted by molar-refractivity contribution is 0.103. The van der Waals surface area contributed by atoms with E-state index < -0.39 is 5.82 Å². The number of carbonyl (C=O) groups is 1. The van der Waals surface area contributed by atoms with Gasteiger partial charge in [0.15, 0.2) is 5.78 Å². The minimum Gasteiger partial charge on any atom is -0.288 e. The molecule has 0 fully saturated rings. The Kier molecular flexibility index (Phi) is 3.21. The fourth-order valence-corrected chi connectivity index (χ4v) is 3.26. The fraction of sp³-hybridized carbons (Fsp3) is 0. The molecule has 19 heavy (non-hydrogen) atoms. The van der Waals surface area contributed by atoms with Crippen LogP contribution in [-0.2, 0) is 0 Å². The van der Waals surface area contributed by atoms with Gasteiger partial charge in [-0.25, -0.2) is 4.39 Å². The molecule has 3 aromatic rings. The van der Waals surface area contributed by atoms with E-state index in [1.807, 2.05) is 23.6 Å². The van der Waals surface area contributed by atoms with Gasteiger partial charge >= 0.3 is 0 Å². The van der Waals surface area contributed by atoms with Gasteiger partial charge in [-0.05, 0) is 41.1 Å². The Labute approximate surface area is 121 Å². The number of rotatable bonds is 2. The molecule has 1 aromatic heterocycles. The highest BCUT2D eigenvalue weighted by Crippen LogP contribution is 2.28. The molecular formula is C15H8BrFOS. The van der Waals surface area contributed by atoms with Crippen molar-refractivity contribution in [2.75, 3.05) is 0 Å². The number of benzene rings is 2. The molecule has 0 aliphatic carbocycles. The van der Waals surface area contributed by atoms with E-state index >= 15 is 0 Å². The first kappa shape index (κ1) is 12.5. The third-order valence-electron chi connectivity index (χ3n) is 2.90. The van der Waals surface area contributed by atoms with Gasteiger partial charge in [-0.15, -0.1) is 11.3 Å². The van der Waals surface area contributed by atoms with E-state index in [4.69, 9.17) is 0 Å². The average molecular weight is 335 g/mol. The Morgan fingerprint density at radius 3 is 2.79 bits per heavy atom. The molecule has 0 aliphatic heterocycles. The van der Waals surface area contributed by atoms with Gasteiger partial charge in [0.1, 0.15) is 5.82 Å². The van der Waals surface area contributed by atoms with Gasteiger partial charge in [0, 0.05) is 14.7 Å². The monoisotopic (exact) mass is 334 g/mol. The van der Waals surface area contributed by atoms with Crippen LogP contribution in [0.2, 0.25) is 0 Å². The van der Waals surface area contributed by atoms with Gasteiger partial charge in [-0.1, -0.05) is 28.1 Å². The average Bonchev–Trinajstić information content (AvgIpc) is 2.89. The van der Waals surface area contributed by atoms with Gasteiger partial charge in [-0.3, -0.25) is 4.79 Å². The molecule has 0 spiro atoms. The molecule has 0 radical (unpaired) electrons. The molecule has 0 aliphatic rings. The van der Waals surface area contributed by atoms with E-state index in [0.717, 1.165) is 10.1 Å². The van der Waals surface area contributed by atoms with Crippen LogP contribution < -0.4 is 0 Å². The summed E-state index contributed by atoms with van der Waals surface area (Å²) < 4.78 is 15.4. The van der Waals surface area contributed by atoms with E-state index in [-0.39, 0.29) is 11.3 Å². The van der Waals surface area contributed by atoms with Crippen molar-refractivity contribution in [1.82, 2.24) is 0 Å². The predicted octanol–water partition coefficient (Wildman–Crippen LogP) is 5.03. The zero-order valence-electron chi connectivity index (χ0n) is 9.69. The first-order chi connectivity index (χ1) is 9.16. The van der Waals surface area contributed by atoms with Crippen molar-refractivity contribution < 1.29 is 9.18 Å². The van der Waals surface area contributed by atoms with Crippen molar-refractivity contribution in [1.29, 1.82) is 0 Å². The molecule has 2 aromatic carbocycles. The summed E-state index contributed by atoms with van der Waals surface area (Å²) in [5, 5.41) is 2.94. The maximum Gasteiger partial charge on any atom is 0.197 e. The molecule has 3 rings (SSSR count). The number of thiophene rings is 1. The number of carbonyl (C=O) groups excluding carboxylic acids is 1. The molecule has 0 bridgehead atoms. The van der Waals surface area contributed by atoms with Gasteiger partial charge in [0.25, 0.3) is 0 Å². The summed E-state index contributed by atoms with van der Waals surface area (Å²) in [7, 11) is 0. The van der Waals surface area contributed by atoms with Crippen molar-refractivity contribution in [3.63, 3.8) is 0 Å². The second kappa shape index (κ2) is 4.87. The van der Waals surface area contributed by atoms with Crippen LogP contribution in [0.1, 0.15) is 15.9 Å². The van der Waals surface area contributed by atoms with Crippen molar-refractivity contribution in [3.05, 3.63) is 69.3 Å². The van der Waals surface area contributed by atoms with Crippen LogP contribution >= 0.6 is 27.3 Å². The van der Waals surface area contributed by atoms with Crippen LogP contribution in [0.25, 0.3) is 10.1 Å². The van der Waals surface area contributed by atoms with Gasteiger partial charge in [0.05, 0.1) is 5.56 Å². The highest BCUT2D eigenvalue weighted by atomic mass is 79.9. The van der Waals surface area contributed by atoms with Crippen LogP contribution in [0.4, 0.5) is 4.39 Å². The number of halogens is 2. The second-order valence-electron chi connectivity index (χ2n) is 4.10. The summed E-state index contributed by atoms with van der Waals surface area (Å²) in [6.07, 6.45) is 0. The number of fused-ring (bicyclic) bond motifs is 1. The minimum absolute atomic E-state index is 0.0928. The summed E-state index contributed by atoms with van der Waals surface area (Å²) in [5.41, 5.74) is 0.639. The largest absolute Gasteiger partial charge is 0.288 e. The molecule has 0 atom stereocenters. The summed E-state index contributed by atoms with van der Waals surface area (Å²) in [6.45, 7) is 0. The highest BCUT2D eigenvalue weighted by molar-refractivity contribution is 9.10. The molecule has 4 heteroatoms. The third-order valence-corrected chi connectivity index (χ3v) is 4.35. The highest BCUT2D eigenvalue weighted by Gasteiger charge is 2.17. The number of hydrogen-bond acceptors (Lipinski definition) is 2. The van der Waals surface area contributed by atoms with Crippen molar-refractivity contribution in [2.24, 2.45) is 0 Å². The Morgan fingerprint density at radius 2 is 1.95 bits per heavy atom. The van der Waals surface area contributed by atoms with E-state index in [2.05, 4.69) is 15.9 Å². The summed E-state index contributed by atoms with van der Waals surface area (Å²) in [5.74, 6) is -0.784. The van der Waals surface area contributed by atoms with Crippen molar-refractivity contribution in [3.8, 4) is 0 Å². The molecule has 0 unspecified atom stereocenters. The van der Waals surface area contributed by atoms with Crippen LogP contribution in [-0.4, -0.2) is 5.78 Å². The number of ketones is 1. The van der Waals surface area contributed by atoms with Crippen LogP contribution in [0.3, 0.4) is 0 Å². The molecule has 0 saturated heterocycles. The van der Waals surface area contributed by atoms with Crippen LogP contribution in [0, 0.1) is 5.82 Å². The summed E-state index contributed by atoms with van der Waals surface area (Å²) in [4.78, 5) is 12.5.